The number of benzene rings is 3. The van der Waals surface area contributed by atoms with E-state index in [4.69, 9.17) is 21.1 Å². The zero-order valence-corrected chi connectivity index (χ0v) is 21.0. The molecule has 0 N–H and O–H groups in total. The number of Topliss-reactive ketones (excluding diaryl/α,β-unsaturated/α-hetero) is 1. The summed E-state index contributed by atoms with van der Waals surface area (Å²) in [6.07, 6.45) is 2.74. The van der Waals surface area contributed by atoms with Crippen molar-refractivity contribution in [1.29, 1.82) is 0 Å². The van der Waals surface area contributed by atoms with Crippen LogP contribution >= 0.6 is 11.6 Å². The third-order valence-corrected chi connectivity index (χ3v) is 7.87. The van der Waals surface area contributed by atoms with E-state index in [-0.39, 0.29) is 11.7 Å². The van der Waals surface area contributed by atoms with Crippen LogP contribution in [0.5, 0.6) is 11.5 Å². The van der Waals surface area contributed by atoms with E-state index in [1.54, 1.807) is 0 Å². The second kappa shape index (κ2) is 9.54. The maximum absolute atomic E-state index is 13.0. The van der Waals surface area contributed by atoms with Crippen molar-refractivity contribution in [2.75, 3.05) is 19.7 Å². The first kappa shape index (κ1) is 23.7. The molecule has 0 saturated carbocycles. The summed E-state index contributed by atoms with van der Waals surface area (Å²) in [6, 6.07) is 16.1. The standard InChI is InChI=1S/C29H30ClNO4/c1-19-16-25-27(20(2)28(19)30)24(32)18-29(35-25)11-13-31(14-12-29)26(33)8-5-15-34-23-10-9-21-6-3-4-7-22(21)17-23/h3-4,6-7,9-10,16-17H,5,8,11-15,18H2,1-2H3. The van der Waals surface area contributed by atoms with Crippen molar-refractivity contribution in [3.8, 4) is 11.5 Å². The minimum absolute atomic E-state index is 0.0799. The van der Waals surface area contributed by atoms with Crippen LogP contribution in [0.25, 0.3) is 10.8 Å². The summed E-state index contributed by atoms with van der Waals surface area (Å²) in [5.74, 6) is 1.66. The summed E-state index contributed by atoms with van der Waals surface area (Å²) < 4.78 is 12.3. The van der Waals surface area contributed by atoms with Crippen molar-refractivity contribution in [3.05, 3.63) is 70.2 Å². The zero-order chi connectivity index (χ0) is 24.6. The second-order valence-corrected chi connectivity index (χ2v) is 10.1. The van der Waals surface area contributed by atoms with Gasteiger partial charge in [-0.3, -0.25) is 9.59 Å². The lowest BCUT2D eigenvalue weighted by Crippen LogP contribution is -2.52. The van der Waals surface area contributed by atoms with E-state index in [1.807, 2.05) is 55.1 Å². The molecule has 0 atom stereocenters. The quantitative estimate of drug-likeness (QED) is 0.393. The first-order chi connectivity index (χ1) is 16.8. The fourth-order valence-electron chi connectivity index (χ4n) is 5.27. The summed E-state index contributed by atoms with van der Waals surface area (Å²) in [7, 11) is 0. The Hall–Kier alpha value is -3.05. The molecule has 1 fully saturated rings. The lowest BCUT2D eigenvalue weighted by molar-refractivity contribution is -0.135. The molecule has 0 aromatic heterocycles. The number of likely N-dealkylation sites (tertiary alicyclic amines) is 1. The van der Waals surface area contributed by atoms with Gasteiger partial charge in [0.05, 0.1) is 18.6 Å². The van der Waals surface area contributed by atoms with E-state index in [0.29, 0.717) is 68.1 Å². The molecule has 0 aliphatic carbocycles. The molecular formula is C29H30ClNO4. The first-order valence-corrected chi connectivity index (χ1v) is 12.6. The van der Waals surface area contributed by atoms with Crippen LogP contribution in [-0.2, 0) is 4.79 Å². The number of carbonyl (C=O) groups excluding carboxylic acids is 2. The van der Waals surface area contributed by atoms with Crippen molar-refractivity contribution in [3.63, 3.8) is 0 Å². The minimum Gasteiger partial charge on any atom is -0.494 e. The molecule has 1 spiro atoms. The highest BCUT2D eigenvalue weighted by Gasteiger charge is 2.44. The molecule has 2 aliphatic heterocycles. The lowest BCUT2D eigenvalue weighted by atomic mass is 9.81. The highest BCUT2D eigenvalue weighted by Crippen LogP contribution is 2.43. The number of fused-ring (bicyclic) bond motifs is 2. The molecule has 6 heteroatoms. The summed E-state index contributed by atoms with van der Waals surface area (Å²) in [5, 5.41) is 2.95. The Morgan fingerprint density at radius 1 is 1.09 bits per heavy atom. The molecule has 5 rings (SSSR count). The number of piperidine rings is 1. The van der Waals surface area contributed by atoms with Crippen molar-refractivity contribution in [2.45, 2.75) is 51.6 Å². The van der Waals surface area contributed by atoms with Crippen LogP contribution in [0.1, 0.15) is 53.6 Å². The van der Waals surface area contributed by atoms with Gasteiger partial charge in [0.25, 0.3) is 0 Å². The molecule has 0 unspecified atom stereocenters. The van der Waals surface area contributed by atoms with Gasteiger partial charge in [-0.2, -0.15) is 0 Å². The van der Waals surface area contributed by atoms with Gasteiger partial charge in [0.15, 0.2) is 5.78 Å². The fourth-order valence-corrected chi connectivity index (χ4v) is 5.42. The number of hydrogen-bond donors (Lipinski definition) is 0. The summed E-state index contributed by atoms with van der Waals surface area (Å²) in [4.78, 5) is 27.7. The largest absolute Gasteiger partial charge is 0.494 e. The second-order valence-electron chi connectivity index (χ2n) is 9.73. The number of hydrogen-bond acceptors (Lipinski definition) is 4. The Morgan fingerprint density at radius 3 is 2.60 bits per heavy atom. The molecule has 2 heterocycles. The molecule has 2 aliphatic rings. The van der Waals surface area contributed by atoms with Crippen LogP contribution in [0.15, 0.2) is 48.5 Å². The Labute approximate surface area is 211 Å². The van der Waals surface area contributed by atoms with Gasteiger partial charge in [0.2, 0.25) is 5.91 Å². The molecule has 35 heavy (non-hydrogen) atoms. The smallest absolute Gasteiger partial charge is 0.222 e. The number of aryl methyl sites for hydroxylation is 1. The van der Waals surface area contributed by atoms with Gasteiger partial charge in [-0.1, -0.05) is 41.9 Å². The number of nitrogens with zero attached hydrogens (tertiary/aromatic N) is 1. The van der Waals surface area contributed by atoms with Crippen LogP contribution in [0.4, 0.5) is 0 Å². The Morgan fingerprint density at radius 2 is 1.83 bits per heavy atom. The minimum atomic E-state index is -0.535. The normalized spacial score (nSPS) is 16.8. The molecule has 3 aromatic carbocycles. The maximum atomic E-state index is 13.0. The van der Waals surface area contributed by atoms with E-state index >= 15 is 0 Å². The molecule has 3 aromatic rings. The third-order valence-electron chi connectivity index (χ3n) is 7.28. The van der Waals surface area contributed by atoms with Crippen LogP contribution in [0.2, 0.25) is 5.02 Å². The Kier molecular flexibility index (Phi) is 6.45. The number of carbonyl (C=O) groups is 2. The molecule has 1 saturated heterocycles. The number of rotatable bonds is 5. The van der Waals surface area contributed by atoms with Gasteiger partial charge in [-0.25, -0.2) is 0 Å². The van der Waals surface area contributed by atoms with Crippen LogP contribution in [0.3, 0.4) is 0 Å². The van der Waals surface area contributed by atoms with E-state index < -0.39 is 5.60 Å². The molecule has 0 bridgehead atoms. The average molecular weight is 492 g/mol. The van der Waals surface area contributed by atoms with Gasteiger partial charge in [0, 0.05) is 37.4 Å². The molecule has 1 amide bonds. The Balaban J connectivity index is 1.12. The van der Waals surface area contributed by atoms with Crippen molar-refractivity contribution < 1.29 is 19.1 Å². The highest BCUT2D eigenvalue weighted by atomic mass is 35.5. The SMILES string of the molecule is Cc1cc2c(c(C)c1Cl)C(=O)CC1(CCN(C(=O)CCCOc3ccc4ccccc4c3)CC1)O2. The first-order valence-electron chi connectivity index (χ1n) is 12.3. The zero-order valence-electron chi connectivity index (χ0n) is 20.2. The predicted octanol–water partition coefficient (Wildman–Crippen LogP) is 6.30. The van der Waals surface area contributed by atoms with Gasteiger partial charge < -0.3 is 14.4 Å². The van der Waals surface area contributed by atoms with Gasteiger partial charge in [0.1, 0.15) is 17.1 Å². The molecule has 5 nitrogen and oxygen atoms in total. The van der Waals surface area contributed by atoms with Crippen LogP contribution in [0, 0.1) is 13.8 Å². The monoisotopic (exact) mass is 491 g/mol. The number of halogens is 1. The summed E-state index contributed by atoms with van der Waals surface area (Å²) in [5.41, 5.74) is 1.77. The van der Waals surface area contributed by atoms with Crippen molar-refractivity contribution in [1.82, 2.24) is 4.90 Å². The number of ether oxygens (including phenoxy) is 2. The summed E-state index contributed by atoms with van der Waals surface area (Å²) >= 11 is 6.36. The van der Waals surface area contributed by atoms with Crippen LogP contribution < -0.4 is 9.47 Å². The van der Waals surface area contributed by atoms with E-state index in [1.165, 1.54) is 5.39 Å². The maximum Gasteiger partial charge on any atom is 0.222 e. The molecule has 0 radical (unpaired) electrons. The van der Waals surface area contributed by atoms with E-state index in [0.717, 1.165) is 22.3 Å². The lowest BCUT2D eigenvalue weighted by Gasteiger charge is -2.44. The molecular weight excluding hydrogens is 462 g/mol. The Bertz CT molecular complexity index is 1290. The highest BCUT2D eigenvalue weighted by molar-refractivity contribution is 6.32. The number of ketones is 1. The number of amides is 1. The molecule has 182 valence electrons. The predicted molar refractivity (Wildman–Crippen MR) is 138 cm³/mol. The van der Waals surface area contributed by atoms with E-state index in [2.05, 4.69) is 12.1 Å². The average Bonchev–Trinajstić information content (AvgIpc) is 2.85. The fraction of sp³-hybridized carbons (Fsp3) is 0.379. The van der Waals surface area contributed by atoms with Crippen molar-refractivity contribution >= 4 is 34.1 Å². The van der Waals surface area contributed by atoms with Gasteiger partial charge in [-0.05, 0) is 60.4 Å². The topological polar surface area (TPSA) is 55.8 Å². The third kappa shape index (κ3) is 4.74. The van der Waals surface area contributed by atoms with E-state index in [9.17, 15) is 9.59 Å². The van der Waals surface area contributed by atoms with Gasteiger partial charge >= 0.3 is 0 Å². The van der Waals surface area contributed by atoms with Crippen LogP contribution in [-0.4, -0.2) is 41.9 Å². The summed E-state index contributed by atoms with van der Waals surface area (Å²) in [6.45, 7) is 5.49. The van der Waals surface area contributed by atoms with Gasteiger partial charge in [-0.15, -0.1) is 0 Å². The van der Waals surface area contributed by atoms with Crippen molar-refractivity contribution in [2.24, 2.45) is 0 Å².